The molecule has 3 atom stereocenters. The highest BCUT2D eigenvalue weighted by Gasteiger charge is 2.39. The van der Waals surface area contributed by atoms with Gasteiger partial charge in [0.1, 0.15) is 17.7 Å². The van der Waals surface area contributed by atoms with Gasteiger partial charge in [-0.3, -0.25) is 9.59 Å². The molecule has 0 aromatic heterocycles. The SMILES string of the molecule is CCCCNC(=O)C(c1ccccc1)N(C(=O)C(NC(=O)OC(C)(C)C)C(C)CC)C(C)C. The summed E-state index contributed by atoms with van der Waals surface area (Å²) in [4.78, 5) is 41.4. The van der Waals surface area contributed by atoms with E-state index in [1.165, 1.54) is 0 Å². The molecule has 1 rings (SSSR count). The molecule has 3 amide bonds. The maximum atomic E-state index is 13.9. The second-order valence-corrected chi connectivity index (χ2v) is 9.81. The molecule has 0 aliphatic carbocycles. The van der Waals surface area contributed by atoms with Crippen molar-refractivity contribution in [1.82, 2.24) is 15.5 Å². The Kier molecular flexibility index (Phi) is 11.4. The number of amides is 3. The fourth-order valence-corrected chi connectivity index (χ4v) is 3.52. The molecule has 0 heterocycles. The molecule has 33 heavy (non-hydrogen) atoms. The molecule has 3 unspecified atom stereocenters. The molecule has 0 radical (unpaired) electrons. The normalized spacial score (nSPS) is 14.2. The summed E-state index contributed by atoms with van der Waals surface area (Å²) in [5.74, 6) is -0.674. The third-order valence-electron chi connectivity index (χ3n) is 5.43. The number of unbranched alkanes of at least 4 members (excludes halogenated alkanes) is 1. The van der Waals surface area contributed by atoms with Gasteiger partial charge in [0.15, 0.2) is 0 Å². The molecule has 1 aromatic carbocycles. The minimum atomic E-state index is -0.818. The summed E-state index contributed by atoms with van der Waals surface area (Å²) in [6.07, 6.45) is 1.85. The molecule has 0 fully saturated rings. The molecule has 2 N–H and O–H groups in total. The van der Waals surface area contributed by atoms with Gasteiger partial charge in [-0.2, -0.15) is 0 Å². The van der Waals surface area contributed by atoms with Crippen molar-refractivity contribution < 1.29 is 19.1 Å². The predicted molar refractivity (Wildman–Crippen MR) is 132 cm³/mol. The largest absolute Gasteiger partial charge is 0.444 e. The summed E-state index contributed by atoms with van der Waals surface area (Å²) in [7, 11) is 0. The summed E-state index contributed by atoms with van der Waals surface area (Å²) in [6, 6.07) is 7.41. The number of hydrogen-bond acceptors (Lipinski definition) is 4. The van der Waals surface area contributed by atoms with Crippen LogP contribution in [-0.2, 0) is 14.3 Å². The summed E-state index contributed by atoms with van der Waals surface area (Å²) >= 11 is 0. The highest BCUT2D eigenvalue weighted by molar-refractivity contribution is 5.92. The lowest BCUT2D eigenvalue weighted by atomic mass is 9.95. The van der Waals surface area contributed by atoms with Crippen molar-refractivity contribution in [3.8, 4) is 0 Å². The van der Waals surface area contributed by atoms with E-state index in [2.05, 4.69) is 17.6 Å². The average molecular weight is 462 g/mol. The molecule has 0 bridgehead atoms. The lowest BCUT2D eigenvalue weighted by molar-refractivity contribution is -0.145. The Morgan fingerprint density at radius 2 is 1.64 bits per heavy atom. The van der Waals surface area contributed by atoms with Gasteiger partial charge in [0.05, 0.1) is 0 Å². The van der Waals surface area contributed by atoms with E-state index in [0.717, 1.165) is 18.4 Å². The number of hydrogen-bond donors (Lipinski definition) is 2. The van der Waals surface area contributed by atoms with Gasteiger partial charge in [-0.15, -0.1) is 0 Å². The number of rotatable bonds is 11. The minimum absolute atomic E-state index is 0.147. The van der Waals surface area contributed by atoms with Crippen LogP contribution in [0.3, 0.4) is 0 Å². The fraction of sp³-hybridized carbons (Fsp3) is 0.654. The molecule has 0 saturated carbocycles. The Morgan fingerprint density at radius 3 is 2.12 bits per heavy atom. The van der Waals surface area contributed by atoms with Gasteiger partial charge in [-0.25, -0.2) is 4.79 Å². The van der Waals surface area contributed by atoms with Crippen molar-refractivity contribution in [2.45, 2.75) is 98.4 Å². The lowest BCUT2D eigenvalue weighted by Gasteiger charge is -2.38. The zero-order valence-electron chi connectivity index (χ0n) is 21.6. The summed E-state index contributed by atoms with van der Waals surface area (Å²) in [6.45, 7) is 15.6. The molecule has 0 aliphatic rings. The Hall–Kier alpha value is -2.57. The molecule has 1 aromatic rings. The van der Waals surface area contributed by atoms with E-state index in [1.807, 2.05) is 58.0 Å². The quantitative estimate of drug-likeness (QED) is 0.463. The van der Waals surface area contributed by atoms with E-state index in [-0.39, 0.29) is 23.8 Å². The van der Waals surface area contributed by atoms with E-state index < -0.39 is 23.8 Å². The molecule has 0 aliphatic heterocycles. The number of carbonyl (C=O) groups is 3. The van der Waals surface area contributed by atoms with Crippen LogP contribution in [0.1, 0.15) is 86.3 Å². The molecule has 7 nitrogen and oxygen atoms in total. The first kappa shape index (κ1) is 28.5. The first-order valence-corrected chi connectivity index (χ1v) is 12.1. The summed E-state index contributed by atoms with van der Waals surface area (Å²) < 4.78 is 5.41. The smallest absolute Gasteiger partial charge is 0.408 e. The monoisotopic (exact) mass is 461 g/mol. The van der Waals surface area contributed by atoms with E-state index in [9.17, 15) is 14.4 Å². The highest BCUT2D eigenvalue weighted by Crippen LogP contribution is 2.26. The standard InChI is InChI=1S/C26H43N3O4/c1-9-11-17-27-23(30)22(20-15-13-12-14-16-20)29(18(3)4)24(31)21(19(5)10-2)28-25(32)33-26(6,7)8/h12-16,18-19,21-22H,9-11,17H2,1-8H3,(H,27,30)(H,28,32). The van der Waals surface area contributed by atoms with Crippen LogP contribution in [0.2, 0.25) is 0 Å². The van der Waals surface area contributed by atoms with Crippen LogP contribution >= 0.6 is 0 Å². The first-order chi connectivity index (χ1) is 15.4. The highest BCUT2D eigenvalue weighted by atomic mass is 16.6. The number of carbonyl (C=O) groups excluding carboxylic acids is 3. The van der Waals surface area contributed by atoms with E-state index in [4.69, 9.17) is 4.74 Å². The van der Waals surface area contributed by atoms with Crippen molar-refractivity contribution in [1.29, 1.82) is 0 Å². The number of alkyl carbamates (subject to hydrolysis) is 1. The lowest BCUT2D eigenvalue weighted by Crippen LogP contribution is -2.57. The maximum Gasteiger partial charge on any atom is 0.408 e. The first-order valence-electron chi connectivity index (χ1n) is 12.1. The average Bonchev–Trinajstić information content (AvgIpc) is 2.73. The van der Waals surface area contributed by atoms with Gasteiger partial charge in [0.25, 0.3) is 0 Å². The third kappa shape index (κ3) is 9.06. The fourth-order valence-electron chi connectivity index (χ4n) is 3.52. The van der Waals surface area contributed by atoms with Crippen LogP contribution in [0, 0.1) is 5.92 Å². The molecular weight excluding hydrogens is 418 g/mol. The van der Waals surface area contributed by atoms with Gasteiger partial charge in [-0.1, -0.05) is 63.9 Å². The van der Waals surface area contributed by atoms with Gasteiger partial charge in [0, 0.05) is 12.6 Å². The van der Waals surface area contributed by atoms with Crippen molar-refractivity contribution in [2.75, 3.05) is 6.54 Å². The summed E-state index contributed by atoms with van der Waals surface area (Å²) in [5, 5.41) is 5.75. The molecule has 186 valence electrons. The predicted octanol–water partition coefficient (Wildman–Crippen LogP) is 4.82. The molecule has 7 heteroatoms. The van der Waals surface area contributed by atoms with E-state index in [0.29, 0.717) is 13.0 Å². The Bertz CT molecular complexity index is 759. The molecule has 0 saturated heterocycles. The van der Waals surface area contributed by atoms with Crippen molar-refractivity contribution >= 4 is 17.9 Å². The number of nitrogens with one attached hydrogen (secondary N) is 2. The topological polar surface area (TPSA) is 87.7 Å². The van der Waals surface area contributed by atoms with Crippen molar-refractivity contribution in [3.63, 3.8) is 0 Å². The molecule has 0 spiro atoms. The number of ether oxygens (including phenoxy) is 1. The van der Waals surface area contributed by atoms with E-state index >= 15 is 0 Å². The van der Waals surface area contributed by atoms with Gasteiger partial charge in [0.2, 0.25) is 11.8 Å². The minimum Gasteiger partial charge on any atom is -0.444 e. The van der Waals surface area contributed by atoms with Crippen molar-refractivity contribution in [3.05, 3.63) is 35.9 Å². The zero-order chi connectivity index (χ0) is 25.2. The maximum absolute atomic E-state index is 13.9. The van der Waals surface area contributed by atoms with Crippen LogP contribution in [0.25, 0.3) is 0 Å². The number of benzene rings is 1. The summed E-state index contributed by atoms with van der Waals surface area (Å²) in [5.41, 5.74) is 0.0464. The van der Waals surface area contributed by atoms with Crippen LogP contribution in [0.15, 0.2) is 30.3 Å². The zero-order valence-corrected chi connectivity index (χ0v) is 21.6. The van der Waals surface area contributed by atoms with Gasteiger partial charge < -0.3 is 20.3 Å². The second kappa shape index (κ2) is 13.2. The second-order valence-electron chi connectivity index (χ2n) is 9.81. The van der Waals surface area contributed by atoms with E-state index in [1.54, 1.807) is 25.7 Å². The Labute approximate surface area is 199 Å². The third-order valence-corrected chi connectivity index (χ3v) is 5.43. The van der Waals surface area contributed by atoms with Crippen LogP contribution in [0.4, 0.5) is 4.79 Å². The van der Waals surface area contributed by atoms with Crippen LogP contribution in [-0.4, -0.2) is 47.0 Å². The Morgan fingerprint density at radius 1 is 1.03 bits per heavy atom. The van der Waals surface area contributed by atoms with Gasteiger partial charge >= 0.3 is 6.09 Å². The molecular formula is C26H43N3O4. The Balaban J connectivity index is 3.36. The van der Waals surface area contributed by atoms with Gasteiger partial charge in [-0.05, 0) is 52.5 Å². The van der Waals surface area contributed by atoms with Crippen LogP contribution < -0.4 is 10.6 Å². The number of nitrogens with zero attached hydrogens (tertiary/aromatic N) is 1. The van der Waals surface area contributed by atoms with Crippen molar-refractivity contribution in [2.24, 2.45) is 5.92 Å². The van der Waals surface area contributed by atoms with Crippen LogP contribution in [0.5, 0.6) is 0 Å².